The minimum atomic E-state index is -1.22. The zero-order chi connectivity index (χ0) is 21.2. The van der Waals surface area contributed by atoms with Crippen LogP contribution in [-0.4, -0.2) is 15.6 Å². The van der Waals surface area contributed by atoms with Gasteiger partial charge in [-0.15, -0.1) is 0 Å². The molecule has 0 spiro atoms. The van der Waals surface area contributed by atoms with Crippen molar-refractivity contribution in [3.8, 4) is 22.6 Å². The lowest BCUT2D eigenvalue weighted by Crippen LogP contribution is -2.32. The first kappa shape index (κ1) is 18.5. The van der Waals surface area contributed by atoms with Crippen LogP contribution in [-0.2, 0) is 6.42 Å². The maximum atomic E-state index is 12.5. The smallest absolute Gasteiger partial charge is 0.341 e. The van der Waals surface area contributed by atoms with E-state index in [0.717, 1.165) is 27.7 Å². The number of fused-ring (bicyclic) bond motifs is 5. The summed E-state index contributed by atoms with van der Waals surface area (Å²) in [6, 6.07) is 9.30. The molecule has 0 fully saturated rings. The van der Waals surface area contributed by atoms with Crippen molar-refractivity contribution in [3.05, 3.63) is 70.4 Å². The molecule has 0 amide bonds. The van der Waals surface area contributed by atoms with Crippen molar-refractivity contribution in [2.24, 2.45) is 5.41 Å². The van der Waals surface area contributed by atoms with Gasteiger partial charge in [0, 0.05) is 34.8 Å². The van der Waals surface area contributed by atoms with Gasteiger partial charge in [-0.05, 0) is 29.5 Å². The van der Waals surface area contributed by atoms with Crippen LogP contribution >= 0.6 is 0 Å². The third-order valence-electron chi connectivity index (χ3n) is 5.92. The SMILES string of the molecule is CC(C)(C)C1Cc2c(oc3cc(-c4ccoc4)ccc23)-c2cc(=O)c(C(=O)O)cn21. The number of pyridine rings is 1. The lowest BCUT2D eigenvalue weighted by atomic mass is 9.79. The summed E-state index contributed by atoms with van der Waals surface area (Å²) in [6.07, 6.45) is 5.46. The third-order valence-corrected chi connectivity index (χ3v) is 5.92. The van der Waals surface area contributed by atoms with Gasteiger partial charge in [-0.25, -0.2) is 4.79 Å². The monoisotopic (exact) mass is 403 g/mol. The van der Waals surface area contributed by atoms with Gasteiger partial charge in [0.25, 0.3) is 0 Å². The minimum absolute atomic E-state index is 0.0203. The Morgan fingerprint density at radius 3 is 2.63 bits per heavy atom. The molecule has 1 atom stereocenters. The fraction of sp³-hybridized carbons (Fsp3) is 0.250. The molecule has 1 unspecified atom stereocenters. The van der Waals surface area contributed by atoms with Crippen LogP contribution in [0.4, 0.5) is 0 Å². The molecule has 0 aliphatic carbocycles. The normalized spacial score (nSPS) is 15.8. The molecule has 30 heavy (non-hydrogen) atoms. The van der Waals surface area contributed by atoms with Crippen molar-refractivity contribution in [1.82, 2.24) is 4.57 Å². The molecule has 3 aromatic heterocycles. The van der Waals surface area contributed by atoms with Crippen LogP contribution in [0.3, 0.4) is 0 Å². The highest BCUT2D eigenvalue weighted by atomic mass is 16.4. The number of furan rings is 2. The quantitative estimate of drug-likeness (QED) is 0.487. The molecule has 152 valence electrons. The molecule has 1 aromatic carbocycles. The average Bonchev–Trinajstić information content (AvgIpc) is 3.33. The van der Waals surface area contributed by atoms with Crippen molar-refractivity contribution in [2.75, 3.05) is 0 Å². The van der Waals surface area contributed by atoms with E-state index in [4.69, 9.17) is 8.83 Å². The minimum Gasteiger partial charge on any atom is -0.477 e. The second kappa shape index (κ2) is 6.23. The number of aromatic nitrogens is 1. The second-order valence-electron chi connectivity index (χ2n) is 8.87. The van der Waals surface area contributed by atoms with Crippen molar-refractivity contribution >= 4 is 16.9 Å². The van der Waals surface area contributed by atoms with E-state index in [0.29, 0.717) is 17.9 Å². The van der Waals surface area contributed by atoms with Crippen molar-refractivity contribution in [1.29, 1.82) is 0 Å². The Balaban J connectivity index is 1.77. The summed E-state index contributed by atoms with van der Waals surface area (Å²) >= 11 is 0. The first-order valence-electron chi connectivity index (χ1n) is 9.82. The highest BCUT2D eigenvalue weighted by Crippen LogP contribution is 2.46. The zero-order valence-corrected chi connectivity index (χ0v) is 16.9. The zero-order valence-electron chi connectivity index (χ0n) is 16.9. The molecule has 0 saturated heterocycles. The predicted molar refractivity (Wildman–Crippen MR) is 113 cm³/mol. The summed E-state index contributed by atoms with van der Waals surface area (Å²) in [5.41, 5.74) is 3.43. The largest absolute Gasteiger partial charge is 0.477 e. The molecular formula is C24H21NO5. The predicted octanol–water partition coefficient (Wildman–Crippen LogP) is 5.36. The molecule has 0 radical (unpaired) electrons. The Morgan fingerprint density at radius 2 is 1.97 bits per heavy atom. The Hall–Kier alpha value is -3.54. The van der Waals surface area contributed by atoms with Gasteiger partial charge in [0.1, 0.15) is 11.1 Å². The summed E-state index contributed by atoms with van der Waals surface area (Å²) in [5.74, 6) is -0.591. The molecule has 1 aliphatic rings. The lowest BCUT2D eigenvalue weighted by molar-refractivity contribution is 0.0693. The van der Waals surface area contributed by atoms with Crippen LogP contribution in [0.1, 0.15) is 42.7 Å². The number of carboxylic acid groups (broad SMARTS) is 1. The van der Waals surface area contributed by atoms with Crippen LogP contribution in [0, 0.1) is 5.41 Å². The summed E-state index contributed by atoms with van der Waals surface area (Å²) in [4.78, 5) is 24.0. The van der Waals surface area contributed by atoms with Crippen LogP contribution in [0.15, 0.2) is 62.7 Å². The third kappa shape index (κ3) is 2.71. The first-order valence-corrected chi connectivity index (χ1v) is 9.82. The van der Waals surface area contributed by atoms with Gasteiger partial charge in [0.15, 0.2) is 11.2 Å². The molecule has 1 N–H and O–H groups in total. The van der Waals surface area contributed by atoms with Gasteiger partial charge in [-0.1, -0.05) is 32.9 Å². The topological polar surface area (TPSA) is 85.6 Å². The van der Waals surface area contributed by atoms with Crippen LogP contribution in [0.2, 0.25) is 0 Å². The Morgan fingerprint density at radius 1 is 1.17 bits per heavy atom. The van der Waals surface area contributed by atoms with Gasteiger partial charge in [-0.3, -0.25) is 4.79 Å². The van der Waals surface area contributed by atoms with E-state index in [1.165, 1.54) is 12.3 Å². The lowest BCUT2D eigenvalue weighted by Gasteiger charge is -2.37. The number of aromatic carboxylic acids is 1. The van der Waals surface area contributed by atoms with Crippen molar-refractivity contribution in [2.45, 2.75) is 33.2 Å². The Labute approximate surface area is 172 Å². The number of hydrogen-bond donors (Lipinski definition) is 1. The molecule has 1 aliphatic heterocycles. The summed E-state index contributed by atoms with van der Waals surface area (Å²) in [6.45, 7) is 6.35. The van der Waals surface area contributed by atoms with Crippen LogP contribution < -0.4 is 5.43 Å². The molecule has 4 heterocycles. The number of carbonyl (C=O) groups is 1. The number of carboxylic acids is 1. The summed E-state index contributed by atoms with van der Waals surface area (Å²) in [5, 5.41) is 10.4. The molecule has 6 nitrogen and oxygen atoms in total. The van der Waals surface area contributed by atoms with E-state index < -0.39 is 11.4 Å². The fourth-order valence-corrected chi connectivity index (χ4v) is 4.33. The number of rotatable bonds is 2. The summed E-state index contributed by atoms with van der Waals surface area (Å²) < 4.78 is 13.3. The molecule has 5 rings (SSSR count). The van der Waals surface area contributed by atoms with E-state index in [-0.39, 0.29) is 17.0 Å². The van der Waals surface area contributed by atoms with E-state index in [9.17, 15) is 14.7 Å². The number of nitrogens with zero attached hydrogens (tertiary/aromatic N) is 1. The molecule has 0 saturated carbocycles. The van der Waals surface area contributed by atoms with Gasteiger partial charge in [-0.2, -0.15) is 0 Å². The maximum Gasteiger partial charge on any atom is 0.341 e. The highest BCUT2D eigenvalue weighted by Gasteiger charge is 2.36. The standard InChI is InChI=1S/C24H21NO5/c1-24(2,3)21-9-16-15-5-4-13(14-6-7-29-12-14)8-20(15)30-22(16)18-10-19(26)17(23(27)28)11-25(18)21/h4-8,10-12,21H,9H2,1-3H3,(H,27,28). The van der Waals surface area contributed by atoms with Crippen LogP contribution in [0.25, 0.3) is 33.6 Å². The van der Waals surface area contributed by atoms with Crippen LogP contribution in [0.5, 0.6) is 0 Å². The molecule has 0 bridgehead atoms. The summed E-state index contributed by atoms with van der Waals surface area (Å²) in [7, 11) is 0. The Bertz CT molecular complexity index is 1350. The molecular weight excluding hydrogens is 382 g/mol. The van der Waals surface area contributed by atoms with E-state index in [1.807, 2.05) is 28.8 Å². The molecule has 6 heteroatoms. The van der Waals surface area contributed by atoms with Gasteiger partial charge < -0.3 is 18.5 Å². The highest BCUT2D eigenvalue weighted by molar-refractivity contribution is 5.92. The van der Waals surface area contributed by atoms with E-state index in [2.05, 4.69) is 20.8 Å². The number of hydrogen-bond acceptors (Lipinski definition) is 4. The van der Waals surface area contributed by atoms with Gasteiger partial charge in [0.05, 0.1) is 18.2 Å². The van der Waals surface area contributed by atoms with E-state index in [1.54, 1.807) is 12.5 Å². The molecule has 4 aromatic rings. The second-order valence-corrected chi connectivity index (χ2v) is 8.87. The Kier molecular flexibility index (Phi) is 3.84. The first-order chi connectivity index (χ1) is 14.2. The van der Waals surface area contributed by atoms with E-state index >= 15 is 0 Å². The van der Waals surface area contributed by atoms with Gasteiger partial charge >= 0.3 is 5.97 Å². The van der Waals surface area contributed by atoms with Crippen molar-refractivity contribution in [3.63, 3.8) is 0 Å². The fourth-order valence-electron chi connectivity index (χ4n) is 4.33. The maximum absolute atomic E-state index is 12.5. The average molecular weight is 403 g/mol. The van der Waals surface area contributed by atoms with Gasteiger partial charge in [0.2, 0.25) is 0 Å². The number of benzene rings is 1. The van der Waals surface area contributed by atoms with Crippen molar-refractivity contribution < 1.29 is 18.7 Å².